The number of sulfonamides is 1. The van der Waals surface area contributed by atoms with E-state index in [4.69, 9.17) is 0 Å². The highest BCUT2D eigenvalue weighted by atomic mass is 32.2. The molecule has 0 amide bonds. The lowest BCUT2D eigenvalue weighted by molar-refractivity contribution is 0.475. The Bertz CT molecular complexity index is 700. The average Bonchev–Trinajstić information content (AvgIpc) is 2.49. The van der Waals surface area contributed by atoms with Crippen molar-refractivity contribution in [3.8, 4) is 5.75 Å². The van der Waals surface area contributed by atoms with Crippen molar-refractivity contribution in [3.63, 3.8) is 0 Å². The Morgan fingerprint density at radius 2 is 1.90 bits per heavy atom. The van der Waals surface area contributed by atoms with E-state index in [0.29, 0.717) is 12.2 Å². The molecule has 2 aromatic rings. The van der Waals surface area contributed by atoms with Crippen LogP contribution in [0.5, 0.6) is 5.75 Å². The number of rotatable bonds is 6. The summed E-state index contributed by atoms with van der Waals surface area (Å²) in [6.45, 7) is 0.269. The maximum atomic E-state index is 12.2. The first-order valence-corrected chi connectivity index (χ1v) is 7.91. The molecule has 0 bridgehead atoms. The largest absolute Gasteiger partial charge is 0.508 e. The monoisotopic (exact) mass is 307 g/mol. The molecule has 0 saturated carbocycles. The third-order valence-electron chi connectivity index (χ3n) is 2.94. The third-order valence-corrected chi connectivity index (χ3v) is 4.43. The van der Waals surface area contributed by atoms with Gasteiger partial charge in [0.1, 0.15) is 16.5 Å². The van der Waals surface area contributed by atoms with Crippen molar-refractivity contribution < 1.29 is 13.5 Å². The summed E-state index contributed by atoms with van der Waals surface area (Å²) in [5, 5.41) is 12.0. The van der Waals surface area contributed by atoms with Crippen molar-refractivity contribution in [3.05, 3.63) is 48.2 Å². The minimum Gasteiger partial charge on any atom is -0.508 e. The van der Waals surface area contributed by atoms with E-state index in [9.17, 15) is 13.5 Å². The summed E-state index contributed by atoms with van der Waals surface area (Å²) in [5.41, 5.74) is 0.940. The average molecular weight is 307 g/mol. The number of aromatic hydroxyl groups is 1. The van der Waals surface area contributed by atoms with Crippen molar-refractivity contribution in [1.29, 1.82) is 0 Å². The van der Waals surface area contributed by atoms with Crippen LogP contribution in [0.1, 0.15) is 5.56 Å². The summed E-state index contributed by atoms with van der Waals surface area (Å²) < 4.78 is 27.0. The fourth-order valence-corrected chi connectivity index (χ4v) is 3.06. The molecule has 21 heavy (non-hydrogen) atoms. The molecule has 0 aliphatic carbocycles. The number of nitrogens with one attached hydrogen (secondary N) is 2. The van der Waals surface area contributed by atoms with Crippen LogP contribution >= 0.6 is 0 Å². The zero-order valence-corrected chi connectivity index (χ0v) is 12.4. The summed E-state index contributed by atoms with van der Waals surface area (Å²) in [6.07, 6.45) is 2.07. The van der Waals surface area contributed by atoms with E-state index in [1.807, 2.05) is 0 Å². The number of hydrogen-bond acceptors (Lipinski definition) is 5. The minimum atomic E-state index is -3.61. The number of phenolic OH excluding ortho intramolecular Hbond substituents is 1. The molecule has 1 heterocycles. The Hall–Kier alpha value is -2.12. The molecule has 1 aromatic heterocycles. The molecular weight excluding hydrogens is 290 g/mol. The molecule has 0 aliphatic heterocycles. The van der Waals surface area contributed by atoms with Crippen molar-refractivity contribution in [2.75, 3.05) is 18.9 Å². The Balaban J connectivity index is 2.03. The molecule has 0 unspecified atom stereocenters. The first-order chi connectivity index (χ1) is 10.0. The van der Waals surface area contributed by atoms with Crippen LogP contribution in [0.15, 0.2) is 47.5 Å². The van der Waals surface area contributed by atoms with Crippen molar-refractivity contribution >= 4 is 15.8 Å². The van der Waals surface area contributed by atoms with Gasteiger partial charge in [-0.1, -0.05) is 12.1 Å². The minimum absolute atomic E-state index is 0.123. The lowest BCUT2D eigenvalue weighted by Gasteiger charge is -2.10. The second-order valence-electron chi connectivity index (χ2n) is 4.41. The van der Waals surface area contributed by atoms with E-state index in [-0.39, 0.29) is 17.2 Å². The van der Waals surface area contributed by atoms with Crippen molar-refractivity contribution in [2.45, 2.75) is 11.3 Å². The molecule has 0 saturated heterocycles. The molecule has 6 nitrogen and oxygen atoms in total. The second-order valence-corrected chi connectivity index (χ2v) is 6.15. The van der Waals surface area contributed by atoms with Gasteiger partial charge in [-0.25, -0.2) is 18.1 Å². The molecule has 1 aromatic carbocycles. The number of phenols is 1. The fraction of sp³-hybridized carbons (Fsp3) is 0.214. The number of benzene rings is 1. The van der Waals surface area contributed by atoms with Crippen LogP contribution in [0, 0.1) is 0 Å². The van der Waals surface area contributed by atoms with Gasteiger partial charge < -0.3 is 10.4 Å². The van der Waals surface area contributed by atoms with Gasteiger partial charge in [0.05, 0.1) is 0 Å². The Labute approximate surface area is 123 Å². The molecule has 0 aliphatic rings. The maximum Gasteiger partial charge on any atom is 0.244 e. The third kappa shape index (κ3) is 3.93. The van der Waals surface area contributed by atoms with E-state index in [1.54, 1.807) is 37.4 Å². The summed E-state index contributed by atoms with van der Waals surface area (Å²) in [7, 11) is -1.98. The standard InChI is InChI=1S/C14H17N3O3S/c1-15-14-13(3-2-9-16-14)21(19,20)17-10-8-11-4-6-12(18)7-5-11/h2-7,9,17-18H,8,10H2,1H3,(H,15,16). The van der Waals surface area contributed by atoms with Crippen LogP contribution < -0.4 is 10.0 Å². The van der Waals surface area contributed by atoms with E-state index in [0.717, 1.165) is 5.56 Å². The second kappa shape index (κ2) is 6.55. The molecule has 2 rings (SSSR count). The van der Waals surface area contributed by atoms with Gasteiger partial charge >= 0.3 is 0 Å². The Kier molecular flexibility index (Phi) is 4.77. The van der Waals surface area contributed by atoms with Gasteiger partial charge in [0.25, 0.3) is 0 Å². The Morgan fingerprint density at radius 1 is 1.19 bits per heavy atom. The van der Waals surface area contributed by atoms with Gasteiger partial charge in [-0.3, -0.25) is 0 Å². The summed E-state index contributed by atoms with van der Waals surface area (Å²) in [5.74, 6) is 0.503. The van der Waals surface area contributed by atoms with Crippen LogP contribution in [0.25, 0.3) is 0 Å². The molecule has 7 heteroatoms. The fourth-order valence-electron chi connectivity index (χ4n) is 1.87. The molecule has 0 fully saturated rings. The smallest absolute Gasteiger partial charge is 0.244 e. The van der Waals surface area contributed by atoms with Gasteiger partial charge in [0.15, 0.2) is 0 Å². The van der Waals surface area contributed by atoms with Gasteiger partial charge in [-0.2, -0.15) is 0 Å². The molecule has 0 atom stereocenters. The van der Waals surface area contributed by atoms with Crippen LogP contribution in [-0.4, -0.2) is 32.1 Å². The summed E-state index contributed by atoms with van der Waals surface area (Å²) in [4.78, 5) is 4.10. The highest BCUT2D eigenvalue weighted by Gasteiger charge is 2.17. The van der Waals surface area contributed by atoms with E-state index in [2.05, 4.69) is 15.0 Å². The van der Waals surface area contributed by atoms with Crippen molar-refractivity contribution in [2.24, 2.45) is 0 Å². The van der Waals surface area contributed by atoms with E-state index < -0.39 is 10.0 Å². The molecule has 0 radical (unpaired) electrons. The topological polar surface area (TPSA) is 91.3 Å². The number of nitrogens with zero attached hydrogens (tertiary/aromatic N) is 1. The highest BCUT2D eigenvalue weighted by molar-refractivity contribution is 7.89. The first kappa shape index (κ1) is 15.3. The SMILES string of the molecule is CNc1ncccc1S(=O)(=O)NCCc1ccc(O)cc1. The van der Waals surface area contributed by atoms with Gasteiger partial charge in [0, 0.05) is 19.8 Å². The summed E-state index contributed by atoms with van der Waals surface area (Å²) >= 11 is 0. The molecule has 0 spiro atoms. The summed E-state index contributed by atoms with van der Waals surface area (Å²) in [6, 6.07) is 9.74. The normalized spacial score (nSPS) is 11.3. The predicted octanol–water partition coefficient (Wildman–Crippen LogP) is 1.35. The maximum absolute atomic E-state index is 12.2. The molecule has 112 valence electrons. The lowest BCUT2D eigenvalue weighted by atomic mass is 10.1. The molecule has 3 N–H and O–H groups in total. The Morgan fingerprint density at radius 3 is 2.57 bits per heavy atom. The lowest BCUT2D eigenvalue weighted by Crippen LogP contribution is -2.26. The molecular formula is C14H17N3O3S. The highest BCUT2D eigenvalue weighted by Crippen LogP contribution is 2.17. The predicted molar refractivity (Wildman–Crippen MR) is 80.8 cm³/mol. The number of hydrogen-bond donors (Lipinski definition) is 3. The van der Waals surface area contributed by atoms with Crippen LogP contribution in [-0.2, 0) is 16.4 Å². The van der Waals surface area contributed by atoms with Gasteiger partial charge in [-0.15, -0.1) is 0 Å². The van der Waals surface area contributed by atoms with Crippen molar-refractivity contribution in [1.82, 2.24) is 9.71 Å². The zero-order valence-electron chi connectivity index (χ0n) is 11.6. The van der Waals surface area contributed by atoms with E-state index in [1.165, 1.54) is 12.3 Å². The number of pyridine rings is 1. The number of anilines is 1. The number of aromatic nitrogens is 1. The zero-order chi connectivity index (χ0) is 15.3. The first-order valence-electron chi connectivity index (χ1n) is 6.43. The van der Waals surface area contributed by atoms with E-state index >= 15 is 0 Å². The van der Waals surface area contributed by atoms with Crippen LogP contribution in [0.2, 0.25) is 0 Å². The quantitative estimate of drug-likeness (QED) is 0.749. The van der Waals surface area contributed by atoms with Gasteiger partial charge in [-0.05, 0) is 36.2 Å². The van der Waals surface area contributed by atoms with Gasteiger partial charge in [0.2, 0.25) is 10.0 Å². The van der Waals surface area contributed by atoms with Crippen LogP contribution in [0.3, 0.4) is 0 Å². The van der Waals surface area contributed by atoms with Crippen LogP contribution in [0.4, 0.5) is 5.82 Å².